The molecule has 0 unspecified atom stereocenters. The minimum atomic E-state index is -0.00951. The molecule has 1 N–H and O–H groups in total. The van der Waals surface area contributed by atoms with Crippen molar-refractivity contribution in [2.75, 3.05) is 13.2 Å². The average molecular weight is 183 g/mol. The molecule has 3 nitrogen and oxygen atoms in total. The Balaban J connectivity index is 1.99. The highest BCUT2D eigenvalue weighted by molar-refractivity contribution is 5.76. The van der Waals surface area contributed by atoms with Gasteiger partial charge in [0.2, 0.25) is 5.91 Å². The van der Waals surface area contributed by atoms with Gasteiger partial charge in [0, 0.05) is 13.0 Å². The molecule has 13 heavy (non-hydrogen) atoms. The first-order chi connectivity index (χ1) is 6.31. The zero-order valence-corrected chi connectivity index (χ0v) is 7.97. The van der Waals surface area contributed by atoms with Gasteiger partial charge in [0.05, 0.1) is 12.2 Å². The van der Waals surface area contributed by atoms with Crippen molar-refractivity contribution in [1.29, 1.82) is 0 Å². The average Bonchev–Trinajstić information content (AvgIpc) is 2.32. The van der Waals surface area contributed by atoms with E-state index in [-0.39, 0.29) is 11.5 Å². The van der Waals surface area contributed by atoms with Crippen molar-refractivity contribution in [3.8, 4) is 0 Å². The second-order valence-corrected chi connectivity index (χ2v) is 4.12. The van der Waals surface area contributed by atoms with Crippen LogP contribution >= 0.6 is 0 Å². The molecular formula is C10H17NO2. The van der Waals surface area contributed by atoms with Gasteiger partial charge in [-0.25, -0.2) is 0 Å². The summed E-state index contributed by atoms with van der Waals surface area (Å²) in [6.07, 6.45) is 6.58. The molecule has 1 saturated carbocycles. The van der Waals surface area contributed by atoms with Crippen molar-refractivity contribution >= 4 is 5.91 Å². The zero-order valence-electron chi connectivity index (χ0n) is 7.97. The first kappa shape index (κ1) is 9.00. The van der Waals surface area contributed by atoms with Crippen molar-refractivity contribution in [3.63, 3.8) is 0 Å². The van der Waals surface area contributed by atoms with Crippen LogP contribution in [-0.2, 0) is 9.53 Å². The Hall–Kier alpha value is -0.570. The zero-order chi connectivity index (χ0) is 9.15. The van der Waals surface area contributed by atoms with Gasteiger partial charge in [-0.15, -0.1) is 0 Å². The van der Waals surface area contributed by atoms with Crippen LogP contribution in [0.1, 0.15) is 38.5 Å². The predicted molar refractivity (Wildman–Crippen MR) is 49.4 cm³/mol. The van der Waals surface area contributed by atoms with Crippen molar-refractivity contribution < 1.29 is 9.53 Å². The van der Waals surface area contributed by atoms with Crippen LogP contribution in [0.4, 0.5) is 0 Å². The molecule has 0 atom stereocenters. The number of carbonyl (C=O) groups is 1. The third-order valence-electron chi connectivity index (χ3n) is 3.11. The molecule has 0 aromatic carbocycles. The summed E-state index contributed by atoms with van der Waals surface area (Å²) >= 11 is 0. The van der Waals surface area contributed by atoms with Gasteiger partial charge in [-0.1, -0.05) is 19.3 Å². The number of hydrogen-bond acceptors (Lipinski definition) is 2. The quantitative estimate of drug-likeness (QED) is 0.613. The first-order valence-corrected chi connectivity index (χ1v) is 5.21. The van der Waals surface area contributed by atoms with Crippen molar-refractivity contribution in [1.82, 2.24) is 5.32 Å². The highest BCUT2D eigenvalue weighted by Crippen LogP contribution is 2.32. The van der Waals surface area contributed by atoms with E-state index < -0.39 is 0 Å². The Morgan fingerprint density at radius 2 is 2.00 bits per heavy atom. The molecule has 0 bridgehead atoms. The summed E-state index contributed by atoms with van der Waals surface area (Å²) in [4.78, 5) is 11.1. The lowest BCUT2D eigenvalue weighted by molar-refractivity contribution is -0.120. The Labute approximate surface area is 78.8 Å². The van der Waals surface area contributed by atoms with E-state index >= 15 is 0 Å². The van der Waals surface area contributed by atoms with Crippen LogP contribution in [-0.4, -0.2) is 24.7 Å². The van der Waals surface area contributed by atoms with Crippen LogP contribution in [0, 0.1) is 0 Å². The van der Waals surface area contributed by atoms with Crippen molar-refractivity contribution in [3.05, 3.63) is 0 Å². The number of nitrogens with one attached hydrogen (secondary N) is 1. The molecule has 0 aromatic rings. The molecular weight excluding hydrogens is 166 g/mol. The number of rotatable bonds is 0. The lowest BCUT2D eigenvalue weighted by Crippen LogP contribution is -2.43. The molecule has 1 saturated heterocycles. The summed E-state index contributed by atoms with van der Waals surface area (Å²) in [7, 11) is 0. The number of hydrogen-bond donors (Lipinski definition) is 1. The Bertz CT molecular complexity index is 197. The Kier molecular flexibility index (Phi) is 2.54. The van der Waals surface area contributed by atoms with E-state index in [1.807, 2.05) is 0 Å². The van der Waals surface area contributed by atoms with E-state index in [4.69, 9.17) is 4.74 Å². The standard InChI is InChI=1S/C10H17NO2/c12-9-4-7-13-10(8-11-9)5-2-1-3-6-10/h1-8H2,(H,11,12). The minimum Gasteiger partial charge on any atom is -0.373 e. The number of carbonyl (C=O) groups excluding carboxylic acids is 1. The van der Waals surface area contributed by atoms with E-state index in [2.05, 4.69) is 5.32 Å². The van der Waals surface area contributed by atoms with E-state index in [0.717, 1.165) is 19.4 Å². The number of ether oxygens (including phenoxy) is 1. The maximum Gasteiger partial charge on any atom is 0.222 e. The molecule has 0 aromatic heterocycles. The smallest absolute Gasteiger partial charge is 0.222 e. The second-order valence-electron chi connectivity index (χ2n) is 4.12. The van der Waals surface area contributed by atoms with E-state index in [1.165, 1.54) is 19.3 Å². The minimum absolute atomic E-state index is 0.00951. The van der Waals surface area contributed by atoms with Gasteiger partial charge in [0.15, 0.2) is 0 Å². The third-order valence-corrected chi connectivity index (χ3v) is 3.11. The third kappa shape index (κ3) is 2.02. The van der Waals surface area contributed by atoms with Crippen LogP contribution in [0.5, 0.6) is 0 Å². The van der Waals surface area contributed by atoms with Gasteiger partial charge in [0.25, 0.3) is 0 Å². The second kappa shape index (κ2) is 3.66. The van der Waals surface area contributed by atoms with Gasteiger partial charge in [0.1, 0.15) is 0 Å². The summed E-state index contributed by atoms with van der Waals surface area (Å²) < 4.78 is 5.82. The summed E-state index contributed by atoms with van der Waals surface area (Å²) in [6, 6.07) is 0. The van der Waals surface area contributed by atoms with Crippen LogP contribution in [0.15, 0.2) is 0 Å². The Morgan fingerprint density at radius 3 is 2.77 bits per heavy atom. The van der Waals surface area contributed by atoms with E-state index in [0.29, 0.717) is 13.0 Å². The fraction of sp³-hybridized carbons (Fsp3) is 0.900. The Morgan fingerprint density at radius 1 is 1.23 bits per heavy atom. The van der Waals surface area contributed by atoms with Crippen LogP contribution < -0.4 is 5.32 Å². The maximum absolute atomic E-state index is 11.1. The molecule has 2 rings (SSSR count). The largest absolute Gasteiger partial charge is 0.373 e. The maximum atomic E-state index is 11.1. The van der Waals surface area contributed by atoms with Gasteiger partial charge < -0.3 is 10.1 Å². The molecule has 1 amide bonds. The highest BCUT2D eigenvalue weighted by atomic mass is 16.5. The SMILES string of the molecule is O=C1CCOC2(CCCCC2)CN1. The molecule has 1 heterocycles. The van der Waals surface area contributed by atoms with Gasteiger partial charge in [-0.05, 0) is 12.8 Å². The lowest BCUT2D eigenvalue weighted by atomic mass is 9.84. The first-order valence-electron chi connectivity index (χ1n) is 5.21. The predicted octanol–water partition coefficient (Wildman–Crippen LogP) is 1.23. The highest BCUT2D eigenvalue weighted by Gasteiger charge is 2.34. The monoisotopic (exact) mass is 183 g/mol. The van der Waals surface area contributed by atoms with Gasteiger partial charge in [-0.3, -0.25) is 4.79 Å². The van der Waals surface area contributed by atoms with E-state index in [1.54, 1.807) is 0 Å². The topological polar surface area (TPSA) is 38.3 Å². The van der Waals surface area contributed by atoms with E-state index in [9.17, 15) is 4.79 Å². The molecule has 3 heteroatoms. The van der Waals surface area contributed by atoms with Crippen LogP contribution in [0.3, 0.4) is 0 Å². The molecule has 1 aliphatic carbocycles. The normalized spacial score (nSPS) is 28.2. The fourth-order valence-corrected chi connectivity index (χ4v) is 2.28. The molecule has 2 fully saturated rings. The number of amides is 1. The summed E-state index contributed by atoms with van der Waals surface area (Å²) in [6.45, 7) is 1.33. The lowest BCUT2D eigenvalue weighted by Gasteiger charge is -2.35. The molecule has 1 spiro atoms. The molecule has 0 radical (unpaired) electrons. The summed E-state index contributed by atoms with van der Waals surface area (Å²) in [5.41, 5.74) is -0.00951. The summed E-state index contributed by atoms with van der Waals surface area (Å²) in [5, 5.41) is 2.94. The van der Waals surface area contributed by atoms with Crippen molar-refractivity contribution in [2.45, 2.75) is 44.1 Å². The fourth-order valence-electron chi connectivity index (χ4n) is 2.28. The van der Waals surface area contributed by atoms with Gasteiger partial charge >= 0.3 is 0 Å². The van der Waals surface area contributed by atoms with Gasteiger partial charge in [-0.2, -0.15) is 0 Å². The van der Waals surface area contributed by atoms with Crippen molar-refractivity contribution in [2.24, 2.45) is 0 Å². The summed E-state index contributed by atoms with van der Waals surface area (Å²) in [5.74, 6) is 0.141. The van der Waals surface area contributed by atoms with Crippen LogP contribution in [0.25, 0.3) is 0 Å². The molecule has 1 aliphatic heterocycles. The molecule has 2 aliphatic rings. The molecule has 74 valence electrons. The van der Waals surface area contributed by atoms with Crippen LogP contribution in [0.2, 0.25) is 0 Å².